The number of nitrogens with one attached hydrogen (secondary N) is 1. The van der Waals surface area contributed by atoms with Gasteiger partial charge in [0, 0.05) is 11.1 Å². The van der Waals surface area contributed by atoms with Gasteiger partial charge in [0.25, 0.3) is 17.1 Å². The van der Waals surface area contributed by atoms with E-state index in [2.05, 4.69) is 5.32 Å². The van der Waals surface area contributed by atoms with Gasteiger partial charge in [-0.05, 0) is 73.0 Å². The summed E-state index contributed by atoms with van der Waals surface area (Å²) in [6.07, 6.45) is 1.65. The third-order valence-electron chi connectivity index (χ3n) is 6.46. The largest absolute Gasteiger partial charge is 0.491 e. The summed E-state index contributed by atoms with van der Waals surface area (Å²) < 4.78 is 17.4. The van der Waals surface area contributed by atoms with Crippen molar-refractivity contribution in [1.82, 2.24) is 4.90 Å². The lowest BCUT2D eigenvalue weighted by Gasteiger charge is -2.14. The quantitative estimate of drug-likeness (QED) is 0.197. The number of thioether (sulfide) groups is 1. The molecule has 0 spiro atoms. The van der Waals surface area contributed by atoms with Crippen molar-refractivity contribution in [3.63, 3.8) is 0 Å². The summed E-state index contributed by atoms with van der Waals surface area (Å²) in [5.41, 5.74) is 2.44. The number of hydrogen-bond donors (Lipinski definition) is 1. The van der Waals surface area contributed by atoms with Crippen molar-refractivity contribution in [2.75, 3.05) is 31.7 Å². The fraction of sp³-hybridized carbons (Fsp3) is 0.182. The lowest BCUT2D eigenvalue weighted by Crippen LogP contribution is -2.32. The van der Waals surface area contributed by atoms with Gasteiger partial charge in [0.1, 0.15) is 12.4 Å². The zero-order valence-corrected chi connectivity index (χ0v) is 24.1. The fourth-order valence-corrected chi connectivity index (χ4v) is 5.26. The standard InChI is InChI=1S/C33H30N2O6S/c1-3-39-29-19-23(13-16-28(29)41-21-31(36)34-25-14-11-22(2)12-15-25)20-30-32(37)35(33(38)42-30)17-18-40-27-10-6-8-24-7-4-5-9-26(24)27/h4-16,19-20H,3,17-18,21H2,1-2H3,(H,34,36)/b30-20-. The van der Waals surface area contributed by atoms with Crippen molar-refractivity contribution in [3.8, 4) is 17.2 Å². The van der Waals surface area contributed by atoms with E-state index in [0.717, 1.165) is 28.1 Å². The summed E-state index contributed by atoms with van der Waals surface area (Å²) >= 11 is 0.883. The molecule has 1 saturated heterocycles. The van der Waals surface area contributed by atoms with Gasteiger partial charge in [-0.15, -0.1) is 0 Å². The minimum Gasteiger partial charge on any atom is -0.491 e. The Hall–Kier alpha value is -4.76. The van der Waals surface area contributed by atoms with Gasteiger partial charge in [-0.25, -0.2) is 0 Å². The second-order valence-corrected chi connectivity index (χ2v) is 10.5. The highest BCUT2D eigenvalue weighted by atomic mass is 32.2. The van der Waals surface area contributed by atoms with Gasteiger partial charge in [-0.2, -0.15) is 0 Å². The first-order valence-corrected chi connectivity index (χ1v) is 14.3. The van der Waals surface area contributed by atoms with E-state index in [1.807, 2.05) is 80.6 Å². The summed E-state index contributed by atoms with van der Waals surface area (Å²) in [5, 5.41) is 4.47. The maximum absolute atomic E-state index is 13.1. The van der Waals surface area contributed by atoms with Crippen LogP contribution in [0.15, 0.2) is 89.8 Å². The monoisotopic (exact) mass is 582 g/mol. The molecule has 1 aliphatic heterocycles. The molecule has 9 heteroatoms. The van der Waals surface area contributed by atoms with Gasteiger partial charge in [0.2, 0.25) is 0 Å². The number of nitrogens with zero attached hydrogens (tertiary/aromatic N) is 1. The highest BCUT2D eigenvalue weighted by molar-refractivity contribution is 8.18. The first-order valence-electron chi connectivity index (χ1n) is 13.5. The SMILES string of the molecule is CCOc1cc(/C=C2\SC(=O)N(CCOc3cccc4ccccc34)C2=O)ccc1OCC(=O)Nc1ccc(C)cc1. The summed E-state index contributed by atoms with van der Waals surface area (Å²) in [7, 11) is 0. The first kappa shape index (κ1) is 28.8. The van der Waals surface area contributed by atoms with Gasteiger partial charge in [0.15, 0.2) is 18.1 Å². The van der Waals surface area contributed by atoms with Gasteiger partial charge < -0.3 is 19.5 Å². The van der Waals surface area contributed by atoms with Crippen molar-refractivity contribution in [1.29, 1.82) is 0 Å². The van der Waals surface area contributed by atoms with Gasteiger partial charge in [-0.1, -0.05) is 60.2 Å². The van der Waals surface area contributed by atoms with Crippen LogP contribution in [0.1, 0.15) is 18.1 Å². The van der Waals surface area contributed by atoms with Crippen LogP contribution in [0.25, 0.3) is 16.8 Å². The summed E-state index contributed by atoms with van der Waals surface area (Å²) in [4.78, 5) is 39.6. The van der Waals surface area contributed by atoms with E-state index in [-0.39, 0.29) is 36.8 Å². The number of fused-ring (bicyclic) bond motifs is 1. The molecule has 1 fully saturated rings. The summed E-state index contributed by atoms with van der Waals surface area (Å²) in [6, 6.07) is 26.3. The smallest absolute Gasteiger partial charge is 0.293 e. The zero-order valence-electron chi connectivity index (χ0n) is 23.3. The molecule has 0 bridgehead atoms. The van der Waals surface area contributed by atoms with Crippen molar-refractivity contribution in [2.24, 2.45) is 0 Å². The molecule has 5 rings (SSSR count). The molecule has 0 radical (unpaired) electrons. The van der Waals surface area contributed by atoms with E-state index < -0.39 is 0 Å². The number of anilines is 1. The molecule has 1 N–H and O–H groups in total. The summed E-state index contributed by atoms with van der Waals surface area (Å²) in [6.45, 7) is 4.30. The molecule has 4 aromatic rings. The average Bonchev–Trinajstić information content (AvgIpc) is 3.25. The Morgan fingerprint density at radius 2 is 1.67 bits per heavy atom. The molecule has 3 amide bonds. The average molecular weight is 583 g/mol. The molecule has 0 atom stereocenters. The molecule has 4 aromatic carbocycles. The molecule has 1 heterocycles. The van der Waals surface area contributed by atoms with Crippen LogP contribution in [-0.4, -0.2) is 48.3 Å². The van der Waals surface area contributed by atoms with E-state index >= 15 is 0 Å². The minimum absolute atomic E-state index is 0.132. The number of rotatable bonds is 11. The number of carbonyl (C=O) groups is 3. The Bertz CT molecular complexity index is 1650. The lowest BCUT2D eigenvalue weighted by atomic mass is 10.1. The Morgan fingerprint density at radius 1 is 0.881 bits per heavy atom. The van der Waals surface area contributed by atoms with Gasteiger partial charge >= 0.3 is 0 Å². The topological polar surface area (TPSA) is 94.2 Å². The predicted octanol–water partition coefficient (Wildman–Crippen LogP) is 6.68. The van der Waals surface area contributed by atoms with E-state index in [1.165, 1.54) is 4.90 Å². The summed E-state index contributed by atoms with van der Waals surface area (Å²) in [5.74, 6) is 0.846. The van der Waals surface area contributed by atoms with Crippen LogP contribution in [-0.2, 0) is 9.59 Å². The van der Waals surface area contributed by atoms with Gasteiger partial charge in [0.05, 0.1) is 18.1 Å². The third kappa shape index (κ3) is 6.92. The fourth-order valence-electron chi connectivity index (χ4n) is 4.39. The lowest BCUT2D eigenvalue weighted by molar-refractivity contribution is -0.123. The molecule has 8 nitrogen and oxygen atoms in total. The van der Waals surface area contributed by atoms with Crippen LogP contribution < -0.4 is 19.5 Å². The van der Waals surface area contributed by atoms with Crippen LogP contribution in [0.3, 0.4) is 0 Å². The molecule has 0 aliphatic carbocycles. The molecular weight excluding hydrogens is 552 g/mol. The van der Waals surface area contributed by atoms with Crippen LogP contribution >= 0.6 is 11.8 Å². The number of ether oxygens (including phenoxy) is 3. The molecule has 42 heavy (non-hydrogen) atoms. The molecule has 0 aromatic heterocycles. The van der Waals surface area contributed by atoms with Crippen LogP contribution in [0.4, 0.5) is 10.5 Å². The maximum atomic E-state index is 13.1. The van der Waals surface area contributed by atoms with Crippen molar-refractivity contribution in [2.45, 2.75) is 13.8 Å². The van der Waals surface area contributed by atoms with Crippen LogP contribution in [0.5, 0.6) is 17.2 Å². The predicted molar refractivity (Wildman–Crippen MR) is 165 cm³/mol. The molecule has 1 aliphatic rings. The van der Waals surface area contributed by atoms with Crippen LogP contribution in [0, 0.1) is 6.92 Å². The van der Waals surface area contributed by atoms with Crippen molar-refractivity contribution in [3.05, 3.63) is 101 Å². The highest BCUT2D eigenvalue weighted by Gasteiger charge is 2.34. The van der Waals surface area contributed by atoms with E-state index in [4.69, 9.17) is 14.2 Å². The van der Waals surface area contributed by atoms with Crippen molar-refractivity contribution < 1.29 is 28.6 Å². The van der Waals surface area contributed by atoms with E-state index in [0.29, 0.717) is 40.0 Å². The zero-order chi connectivity index (χ0) is 29.5. The van der Waals surface area contributed by atoms with E-state index in [9.17, 15) is 14.4 Å². The number of benzene rings is 4. The Morgan fingerprint density at radius 3 is 2.48 bits per heavy atom. The number of hydrogen-bond acceptors (Lipinski definition) is 7. The Kier molecular flexibility index (Phi) is 9.08. The number of amides is 3. The Balaban J connectivity index is 1.21. The van der Waals surface area contributed by atoms with E-state index in [1.54, 1.807) is 24.3 Å². The number of imide groups is 1. The van der Waals surface area contributed by atoms with Crippen LogP contribution in [0.2, 0.25) is 0 Å². The normalized spacial score (nSPS) is 14.0. The number of aryl methyl sites for hydroxylation is 1. The molecule has 0 unspecified atom stereocenters. The third-order valence-corrected chi connectivity index (χ3v) is 7.36. The first-order chi connectivity index (χ1) is 20.4. The minimum atomic E-state index is -0.377. The second kappa shape index (κ2) is 13.3. The van der Waals surface area contributed by atoms with Crippen molar-refractivity contribution >= 4 is 51.4 Å². The maximum Gasteiger partial charge on any atom is 0.293 e. The number of carbonyl (C=O) groups excluding carboxylic acids is 3. The second-order valence-electron chi connectivity index (χ2n) is 9.50. The molecular formula is C33H30N2O6S. The molecule has 0 saturated carbocycles. The van der Waals surface area contributed by atoms with Gasteiger partial charge in [-0.3, -0.25) is 19.3 Å². The molecule has 214 valence electrons. The Labute approximate surface area is 248 Å². The highest BCUT2D eigenvalue weighted by Crippen LogP contribution is 2.35.